The average Bonchev–Trinajstić information content (AvgIpc) is 2.97. The van der Waals surface area contributed by atoms with Crippen LogP contribution in [-0.4, -0.2) is 42.2 Å². The molecule has 2 rings (SSSR count). The van der Waals surface area contributed by atoms with Crippen LogP contribution in [0.15, 0.2) is 12.5 Å². The molecule has 0 aliphatic rings. The fourth-order valence-electron chi connectivity index (χ4n) is 1.35. The number of amides is 1. The van der Waals surface area contributed by atoms with E-state index in [-0.39, 0.29) is 12.5 Å². The van der Waals surface area contributed by atoms with E-state index in [9.17, 15) is 4.79 Å². The van der Waals surface area contributed by atoms with Gasteiger partial charge in [-0.15, -0.1) is 15.3 Å². The SMILES string of the molecule is Cn1cnnc1Cn1cc(CNC(=O)CN)nn1. The molecule has 3 N–H and O–H groups in total. The molecule has 0 radical (unpaired) electrons. The van der Waals surface area contributed by atoms with Crippen molar-refractivity contribution in [3.05, 3.63) is 24.0 Å². The lowest BCUT2D eigenvalue weighted by Crippen LogP contribution is -2.29. The van der Waals surface area contributed by atoms with Crippen molar-refractivity contribution in [2.45, 2.75) is 13.1 Å². The number of hydrogen-bond acceptors (Lipinski definition) is 6. The molecule has 0 fully saturated rings. The highest BCUT2D eigenvalue weighted by atomic mass is 16.1. The molecule has 0 aromatic carbocycles. The van der Waals surface area contributed by atoms with E-state index in [2.05, 4.69) is 25.8 Å². The lowest BCUT2D eigenvalue weighted by molar-refractivity contribution is -0.119. The highest BCUT2D eigenvalue weighted by Gasteiger charge is 2.06. The highest BCUT2D eigenvalue weighted by molar-refractivity contribution is 5.77. The van der Waals surface area contributed by atoms with E-state index in [4.69, 9.17) is 5.73 Å². The maximum Gasteiger partial charge on any atom is 0.234 e. The topological polar surface area (TPSA) is 117 Å². The van der Waals surface area contributed by atoms with Crippen molar-refractivity contribution >= 4 is 5.91 Å². The fourth-order valence-corrected chi connectivity index (χ4v) is 1.35. The number of nitrogens with one attached hydrogen (secondary N) is 1. The molecule has 0 atom stereocenters. The van der Waals surface area contributed by atoms with Crippen LogP contribution in [-0.2, 0) is 24.9 Å². The number of nitrogens with two attached hydrogens (primary N) is 1. The predicted octanol–water partition coefficient (Wildman–Crippen LogP) is -1.97. The highest BCUT2D eigenvalue weighted by Crippen LogP contribution is 1.98. The van der Waals surface area contributed by atoms with Gasteiger partial charge < -0.3 is 15.6 Å². The Morgan fingerprint density at radius 1 is 1.50 bits per heavy atom. The Morgan fingerprint density at radius 3 is 3.00 bits per heavy atom. The third-order valence-electron chi connectivity index (χ3n) is 2.35. The van der Waals surface area contributed by atoms with Crippen molar-refractivity contribution in [2.75, 3.05) is 6.54 Å². The van der Waals surface area contributed by atoms with Gasteiger partial charge in [0.15, 0.2) is 5.82 Å². The van der Waals surface area contributed by atoms with E-state index in [1.165, 1.54) is 0 Å². The molecule has 0 saturated carbocycles. The van der Waals surface area contributed by atoms with Crippen molar-refractivity contribution in [3.8, 4) is 0 Å². The van der Waals surface area contributed by atoms with Crippen molar-refractivity contribution < 1.29 is 4.79 Å². The summed E-state index contributed by atoms with van der Waals surface area (Å²) in [5.74, 6) is 0.551. The first-order valence-corrected chi connectivity index (χ1v) is 5.37. The monoisotopic (exact) mass is 250 g/mol. The number of rotatable bonds is 5. The van der Waals surface area contributed by atoms with Crippen LogP contribution in [0.25, 0.3) is 0 Å². The quantitative estimate of drug-likeness (QED) is 0.635. The van der Waals surface area contributed by atoms with E-state index in [0.29, 0.717) is 18.8 Å². The standard InChI is InChI=1S/C9H14N8O/c1-16-6-12-14-8(16)5-17-4-7(13-15-17)3-11-9(18)2-10/h4,6H,2-3,5,10H2,1H3,(H,11,18). The molecule has 18 heavy (non-hydrogen) atoms. The normalized spacial score (nSPS) is 10.6. The maximum atomic E-state index is 11.0. The Bertz CT molecular complexity index is 530. The van der Waals surface area contributed by atoms with Gasteiger partial charge in [0.2, 0.25) is 5.91 Å². The zero-order valence-electron chi connectivity index (χ0n) is 9.94. The van der Waals surface area contributed by atoms with Gasteiger partial charge in [-0.05, 0) is 0 Å². The number of hydrogen-bond donors (Lipinski definition) is 2. The minimum absolute atomic E-state index is 0.0346. The summed E-state index contributed by atoms with van der Waals surface area (Å²) in [6.45, 7) is 0.760. The van der Waals surface area contributed by atoms with E-state index in [0.717, 1.165) is 5.82 Å². The largest absolute Gasteiger partial charge is 0.349 e. The summed E-state index contributed by atoms with van der Waals surface area (Å²) in [6, 6.07) is 0. The molecule has 1 amide bonds. The Morgan fingerprint density at radius 2 is 2.33 bits per heavy atom. The lowest BCUT2D eigenvalue weighted by atomic mass is 10.4. The summed E-state index contributed by atoms with van der Waals surface area (Å²) >= 11 is 0. The summed E-state index contributed by atoms with van der Waals surface area (Å²) < 4.78 is 3.44. The molecule has 0 spiro atoms. The Balaban J connectivity index is 1.94. The fraction of sp³-hybridized carbons (Fsp3) is 0.444. The first-order valence-electron chi connectivity index (χ1n) is 5.37. The first-order chi connectivity index (χ1) is 8.69. The molecular weight excluding hydrogens is 236 g/mol. The van der Waals surface area contributed by atoms with Crippen LogP contribution >= 0.6 is 0 Å². The molecule has 2 heterocycles. The van der Waals surface area contributed by atoms with E-state index < -0.39 is 0 Å². The van der Waals surface area contributed by atoms with Gasteiger partial charge in [0.05, 0.1) is 19.3 Å². The van der Waals surface area contributed by atoms with Gasteiger partial charge in [-0.1, -0.05) is 5.21 Å². The van der Waals surface area contributed by atoms with Crippen LogP contribution in [0.4, 0.5) is 0 Å². The van der Waals surface area contributed by atoms with Gasteiger partial charge in [0.1, 0.15) is 18.6 Å². The third-order valence-corrected chi connectivity index (χ3v) is 2.35. The van der Waals surface area contributed by atoms with Crippen molar-refractivity contribution in [3.63, 3.8) is 0 Å². The van der Waals surface area contributed by atoms with Crippen molar-refractivity contribution in [1.29, 1.82) is 0 Å². The minimum Gasteiger partial charge on any atom is -0.349 e. The molecule has 0 bridgehead atoms. The molecule has 9 nitrogen and oxygen atoms in total. The summed E-state index contributed by atoms with van der Waals surface area (Å²) in [4.78, 5) is 11.0. The molecule has 0 unspecified atom stereocenters. The second-order valence-corrected chi connectivity index (χ2v) is 3.75. The zero-order valence-corrected chi connectivity index (χ0v) is 9.94. The molecule has 0 aliphatic heterocycles. The van der Waals surface area contributed by atoms with Crippen LogP contribution in [0.5, 0.6) is 0 Å². The van der Waals surface area contributed by atoms with Crippen LogP contribution in [0.3, 0.4) is 0 Å². The van der Waals surface area contributed by atoms with Gasteiger partial charge in [-0.2, -0.15) is 0 Å². The second kappa shape index (κ2) is 5.36. The first kappa shape index (κ1) is 12.2. The molecule has 96 valence electrons. The molecule has 2 aromatic heterocycles. The molecule has 9 heteroatoms. The van der Waals surface area contributed by atoms with Gasteiger partial charge in [-0.3, -0.25) is 4.79 Å². The third kappa shape index (κ3) is 2.88. The minimum atomic E-state index is -0.224. The molecular formula is C9H14N8O. The molecule has 2 aromatic rings. The summed E-state index contributed by atoms with van der Waals surface area (Å²) in [5, 5.41) is 18.2. The van der Waals surface area contributed by atoms with Gasteiger partial charge in [-0.25, -0.2) is 4.68 Å². The summed E-state index contributed by atoms with van der Waals surface area (Å²) in [5.41, 5.74) is 5.84. The Kier molecular flexibility index (Phi) is 3.63. The number of carbonyl (C=O) groups is 1. The number of carbonyl (C=O) groups excluding carboxylic acids is 1. The summed E-state index contributed by atoms with van der Waals surface area (Å²) in [7, 11) is 1.86. The molecule has 0 saturated heterocycles. The number of aryl methyl sites for hydroxylation is 1. The van der Waals surface area contributed by atoms with Crippen LogP contribution in [0, 0.1) is 0 Å². The average molecular weight is 250 g/mol. The maximum absolute atomic E-state index is 11.0. The number of nitrogens with zero attached hydrogens (tertiary/aromatic N) is 6. The van der Waals surface area contributed by atoms with Crippen LogP contribution in [0.2, 0.25) is 0 Å². The predicted molar refractivity (Wildman–Crippen MR) is 61.0 cm³/mol. The Hall–Kier alpha value is -2.29. The lowest BCUT2D eigenvalue weighted by Gasteiger charge is -1.99. The second-order valence-electron chi connectivity index (χ2n) is 3.75. The van der Waals surface area contributed by atoms with Gasteiger partial charge in [0.25, 0.3) is 0 Å². The number of aromatic nitrogens is 6. The van der Waals surface area contributed by atoms with Gasteiger partial charge in [0, 0.05) is 7.05 Å². The smallest absolute Gasteiger partial charge is 0.234 e. The van der Waals surface area contributed by atoms with Gasteiger partial charge >= 0.3 is 0 Å². The van der Waals surface area contributed by atoms with E-state index >= 15 is 0 Å². The van der Waals surface area contributed by atoms with E-state index in [1.54, 1.807) is 21.8 Å². The van der Waals surface area contributed by atoms with Crippen LogP contribution < -0.4 is 11.1 Å². The van der Waals surface area contributed by atoms with Crippen molar-refractivity contribution in [1.82, 2.24) is 35.1 Å². The Labute approximate surface area is 103 Å². The zero-order chi connectivity index (χ0) is 13.0. The van der Waals surface area contributed by atoms with Crippen molar-refractivity contribution in [2.24, 2.45) is 12.8 Å². The van der Waals surface area contributed by atoms with E-state index in [1.807, 2.05) is 7.05 Å². The van der Waals surface area contributed by atoms with Crippen LogP contribution in [0.1, 0.15) is 11.5 Å². The summed E-state index contributed by atoms with van der Waals surface area (Å²) in [6.07, 6.45) is 3.36. The molecule has 0 aliphatic carbocycles.